The van der Waals surface area contributed by atoms with Crippen molar-refractivity contribution in [1.29, 1.82) is 0 Å². The summed E-state index contributed by atoms with van der Waals surface area (Å²) in [5.41, 5.74) is 0. The highest BCUT2D eigenvalue weighted by molar-refractivity contribution is 6.67. The molecule has 0 unspecified atom stereocenters. The van der Waals surface area contributed by atoms with Crippen molar-refractivity contribution in [3.63, 3.8) is 0 Å². The van der Waals surface area contributed by atoms with Gasteiger partial charge in [-0.25, -0.2) is 5.90 Å². The van der Waals surface area contributed by atoms with E-state index in [1.54, 1.807) is 0 Å². The second-order valence-electron chi connectivity index (χ2n) is 0.926. The molecule has 7 heavy (non-hydrogen) atoms. The second-order valence-corrected chi connectivity index (χ2v) is 3.44. The topological polar surface area (TPSA) is 35.2 Å². The summed E-state index contributed by atoms with van der Waals surface area (Å²) >= 11 is 15.5. The first-order valence-corrected chi connectivity index (χ1v) is 2.58. The standard InChI is InChI=1S/C2H4Cl3NO/c3-2(4,5)1-7-6/h1,6H2. The van der Waals surface area contributed by atoms with Gasteiger partial charge in [0.25, 0.3) is 0 Å². The van der Waals surface area contributed by atoms with Gasteiger partial charge in [-0.1, -0.05) is 34.8 Å². The molecule has 0 aromatic carbocycles. The lowest BCUT2D eigenvalue weighted by Crippen LogP contribution is -2.15. The van der Waals surface area contributed by atoms with E-state index in [9.17, 15) is 0 Å². The molecule has 0 saturated carbocycles. The molecule has 44 valence electrons. The van der Waals surface area contributed by atoms with Crippen molar-refractivity contribution >= 4 is 34.8 Å². The molecule has 0 amide bonds. The summed E-state index contributed by atoms with van der Waals surface area (Å²) in [5.74, 6) is 4.56. The number of alkyl halides is 3. The molecule has 0 aromatic heterocycles. The van der Waals surface area contributed by atoms with Crippen molar-refractivity contribution in [3.8, 4) is 0 Å². The number of hydrogen-bond acceptors (Lipinski definition) is 2. The predicted molar refractivity (Wildman–Crippen MR) is 30.4 cm³/mol. The molecule has 0 spiro atoms. The summed E-state index contributed by atoms with van der Waals surface area (Å²) in [7, 11) is 0. The highest BCUT2D eigenvalue weighted by Gasteiger charge is 2.18. The van der Waals surface area contributed by atoms with Crippen LogP contribution >= 0.6 is 34.8 Å². The average molecular weight is 164 g/mol. The minimum Gasteiger partial charge on any atom is -0.300 e. The van der Waals surface area contributed by atoms with Crippen LogP contribution in [0.5, 0.6) is 0 Å². The van der Waals surface area contributed by atoms with Gasteiger partial charge in [0.2, 0.25) is 3.79 Å². The Labute approximate surface area is 56.4 Å². The SMILES string of the molecule is NOCC(Cl)(Cl)Cl. The lowest BCUT2D eigenvalue weighted by Gasteiger charge is -2.05. The highest BCUT2D eigenvalue weighted by Crippen LogP contribution is 2.24. The summed E-state index contributed by atoms with van der Waals surface area (Å²) in [5, 5.41) is 0. The Bertz CT molecular complexity index is 51.4. The van der Waals surface area contributed by atoms with Crippen LogP contribution in [0.4, 0.5) is 0 Å². The summed E-state index contributed by atoms with van der Waals surface area (Å²) < 4.78 is -1.38. The van der Waals surface area contributed by atoms with Crippen LogP contribution in [-0.2, 0) is 4.84 Å². The first-order valence-electron chi connectivity index (χ1n) is 1.44. The molecule has 0 atom stereocenters. The van der Waals surface area contributed by atoms with Crippen molar-refractivity contribution in [1.82, 2.24) is 0 Å². The van der Waals surface area contributed by atoms with Crippen LogP contribution in [0.3, 0.4) is 0 Å². The molecule has 0 bridgehead atoms. The van der Waals surface area contributed by atoms with Gasteiger partial charge in [-0.05, 0) is 0 Å². The Balaban J connectivity index is 3.15. The summed E-state index contributed by atoms with van der Waals surface area (Å²) in [6.07, 6.45) is 0. The Kier molecular flexibility index (Phi) is 3.28. The van der Waals surface area contributed by atoms with Crippen molar-refractivity contribution in [2.45, 2.75) is 3.79 Å². The molecular formula is C2H4Cl3NO. The molecule has 5 heteroatoms. The van der Waals surface area contributed by atoms with Gasteiger partial charge in [0, 0.05) is 0 Å². The lowest BCUT2D eigenvalue weighted by atomic mass is 10.8. The van der Waals surface area contributed by atoms with Crippen LogP contribution in [-0.4, -0.2) is 10.4 Å². The zero-order valence-electron chi connectivity index (χ0n) is 3.33. The Morgan fingerprint density at radius 3 is 1.86 bits per heavy atom. The Morgan fingerprint density at radius 1 is 1.43 bits per heavy atom. The molecule has 0 radical (unpaired) electrons. The van der Waals surface area contributed by atoms with Gasteiger partial charge in [0.15, 0.2) is 0 Å². The van der Waals surface area contributed by atoms with E-state index in [2.05, 4.69) is 10.7 Å². The smallest absolute Gasteiger partial charge is 0.215 e. The minimum atomic E-state index is -1.38. The molecule has 2 N–H and O–H groups in total. The summed E-state index contributed by atoms with van der Waals surface area (Å²) in [6, 6.07) is 0. The number of rotatable bonds is 1. The van der Waals surface area contributed by atoms with E-state index in [-0.39, 0.29) is 6.61 Å². The van der Waals surface area contributed by atoms with E-state index in [0.717, 1.165) is 0 Å². The van der Waals surface area contributed by atoms with E-state index < -0.39 is 3.79 Å². The Morgan fingerprint density at radius 2 is 1.86 bits per heavy atom. The van der Waals surface area contributed by atoms with E-state index in [1.165, 1.54) is 0 Å². The number of nitrogens with two attached hydrogens (primary N) is 1. The fourth-order valence-corrected chi connectivity index (χ4v) is 0.283. The molecule has 0 aliphatic rings. The van der Waals surface area contributed by atoms with Crippen LogP contribution in [0.25, 0.3) is 0 Å². The molecule has 0 fully saturated rings. The summed E-state index contributed by atoms with van der Waals surface area (Å²) in [4.78, 5) is 4.01. The zero-order chi connectivity index (χ0) is 5.91. The first kappa shape index (κ1) is 7.79. The van der Waals surface area contributed by atoms with E-state index in [4.69, 9.17) is 34.8 Å². The van der Waals surface area contributed by atoms with Crippen LogP contribution in [0, 0.1) is 0 Å². The maximum Gasteiger partial charge on any atom is 0.215 e. The quantitative estimate of drug-likeness (QED) is 0.468. The largest absolute Gasteiger partial charge is 0.300 e. The monoisotopic (exact) mass is 163 g/mol. The number of halogens is 3. The third-order valence-electron chi connectivity index (χ3n) is 0.247. The normalized spacial score (nSPS) is 12.0. The lowest BCUT2D eigenvalue weighted by molar-refractivity contribution is 0.143. The average Bonchev–Trinajstić information content (AvgIpc) is 1.30. The fraction of sp³-hybridized carbons (Fsp3) is 1.00. The third-order valence-corrected chi connectivity index (χ3v) is 0.574. The second kappa shape index (κ2) is 2.95. The molecule has 0 saturated heterocycles. The maximum atomic E-state index is 5.16. The van der Waals surface area contributed by atoms with Gasteiger partial charge in [-0.3, -0.25) is 0 Å². The van der Waals surface area contributed by atoms with E-state index in [1.807, 2.05) is 0 Å². The van der Waals surface area contributed by atoms with Gasteiger partial charge >= 0.3 is 0 Å². The Hall–Kier alpha value is 0.790. The highest BCUT2D eigenvalue weighted by atomic mass is 35.6. The fourth-order valence-electron chi connectivity index (χ4n) is 0.0945. The van der Waals surface area contributed by atoms with Crippen molar-refractivity contribution < 1.29 is 4.84 Å². The molecule has 2 nitrogen and oxygen atoms in total. The zero-order valence-corrected chi connectivity index (χ0v) is 5.59. The molecular weight excluding hydrogens is 160 g/mol. The van der Waals surface area contributed by atoms with Crippen molar-refractivity contribution in [2.75, 3.05) is 6.61 Å². The van der Waals surface area contributed by atoms with Gasteiger partial charge in [0.1, 0.15) is 6.61 Å². The third kappa shape index (κ3) is 6.79. The van der Waals surface area contributed by atoms with Crippen LogP contribution < -0.4 is 5.90 Å². The molecule has 0 aliphatic carbocycles. The predicted octanol–water partition coefficient (Wildman–Crippen LogP) is 1.25. The minimum absolute atomic E-state index is 0.0856. The van der Waals surface area contributed by atoms with Crippen LogP contribution in [0.2, 0.25) is 0 Å². The maximum absolute atomic E-state index is 5.16. The molecule has 0 heterocycles. The first-order chi connectivity index (χ1) is 3.06. The molecule has 0 rings (SSSR count). The van der Waals surface area contributed by atoms with Gasteiger partial charge in [0.05, 0.1) is 0 Å². The van der Waals surface area contributed by atoms with Crippen LogP contribution in [0.15, 0.2) is 0 Å². The van der Waals surface area contributed by atoms with Gasteiger partial charge < -0.3 is 4.84 Å². The summed E-state index contributed by atoms with van der Waals surface area (Å²) in [6.45, 7) is -0.0856. The molecule has 0 aromatic rings. The van der Waals surface area contributed by atoms with Crippen molar-refractivity contribution in [2.24, 2.45) is 5.90 Å². The molecule has 0 aliphatic heterocycles. The van der Waals surface area contributed by atoms with Crippen LogP contribution in [0.1, 0.15) is 0 Å². The van der Waals surface area contributed by atoms with Gasteiger partial charge in [-0.2, -0.15) is 0 Å². The van der Waals surface area contributed by atoms with Gasteiger partial charge in [-0.15, -0.1) is 0 Å². The van der Waals surface area contributed by atoms with E-state index >= 15 is 0 Å². The van der Waals surface area contributed by atoms with E-state index in [0.29, 0.717) is 0 Å². The number of hydrogen-bond donors (Lipinski definition) is 1. The van der Waals surface area contributed by atoms with Crippen molar-refractivity contribution in [3.05, 3.63) is 0 Å².